The van der Waals surface area contributed by atoms with Crippen molar-refractivity contribution in [3.05, 3.63) is 72.7 Å². The lowest BCUT2D eigenvalue weighted by Gasteiger charge is -2.34. The van der Waals surface area contributed by atoms with E-state index in [1.54, 1.807) is 10.7 Å². The highest BCUT2D eigenvalue weighted by Gasteiger charge is 2.37. The molecule has 3 aromatic heterocycles. The van der Waals surface area contributed by atoms with Gasteiger partial charge in [-0.1, -0.05) is 43.0 Å². The minimum Gasteiger partial charge on any atom is -0.481 e. The minimum atomic E-state index is -0.705. The van der Waals surface area contributed by atoms with Crippen LogP contribution >= 0.6 is 0 Å². The van der Waals surface area contributed by atoms with Gasteiger partial charge in [0.05, 0.1) is 23.0 Å². The van der Waals surface area contributed by atoms with E-state index in [1.165, 1.54) is 0 Å². The first-order chi connectivity index (χ1) is 17.3. The highest BCUT2D eigenvalue weighted by molar-refractivity contribution is 5.82. The number of carboxylic acids is 1. The number of rotatable bonds is 6. The van der Waals surface area contributed by atoms with E-state index in [1.807, 2.05) is 62.5 Å². The van der Waals surface area contributed by atoms with Crippen molar-refractivity contribution >= 4 is 23.0 Å². The van der Waals surface area contributed by atoms with Crippen molar-refractivity contribution in [3.8, 4) is 22.4 Å². The predicted molar refractivity (Wildman–Crippen MR) is 142 cm³/mol. The van der Waals surface area contributed by atoms with Crippen LogP contribution in [0.3, 0.4) is 0 Å². The third kappa shape index (κ3) is 4.26. The molecule has 0 unspecified atom stereocenters. The van der Waals surface area contributed by atoms with E-state index in [0.717, 1.165) is 58.5 Å². The molecule has 1 aromatic carbocycles. The standard InChI is InChI=1S/C29H31N5O2/c1-18(2)25-24(15-19-11-13-29(3,14-12-19)28(35)36)33-27-22(17-32-34(27)26(25)30)21-9-10-23(31-16-21)20-7-5-4-6-8-20/h4-10,16-17,19H,1,11-15,30H2,2-3H3,(H,35,36). The van der Waals surface area contributed by atoms with Crippen molar-refractivity contribution in [2.24, 2.45) is 11.3 Å². The first kappa shape index (κ1) is 23.7. The van der Waals surface area contributed by atoms with Gasteiger partial charge in [0.1, 0.15) is 5.82 Å². The minimum absolute atomic E-state index is 0.350. The fourth-order valence-corrected chi connectivity index (χ4v) is 5.22. The fourth-order valence-electron chi connectivity index (χ4n) is 5.22. The summed E-state index contributed by atoms with van der Waals surface area (Å²) in [6, 6.07) is 14.1. The van der Waals surface area contributed by atoms with Gasteiger partial charge in [-0.2, -0.15) is 9.61 Å². The molecular weight excluding hydrogens is 450 g/mol. The van der Waals surface area contributed by atoms with Crippen LogP contribution in [0.15, 0.2) is 61.4 Å². The lowest BCUT2D eigenvalue weighted by Crippen LogP contribution is -2.33. The number of hydrogen-bond donors (Lipinski definition) is 2. The highest BCUT2D eigenvalue weighted by atomic mass is 16.4. The molecule has 5 rings (SSSR count). The van der Waals surface area contributed by atoms with E-state index >= 15 is 0 Å². The molecule has 7 nitrogen and oxygen atoms in total. The molecule has 0 atom stereocenters. The number of allylic oxidation sites excluding steroid dienone is 1. The smallest absolute Gasteiger partial charge is 0.309 e. The molecule has 7 heteroatoms. The number of aromatic nitrogens is 4. The summed E-state index contributed by atoms with van der Waals surface area (Å²) in [5.41, 5.74) is 13.0. The van der Waals surface area contributed by atoms with Gasteiger partial charge < -0.3 is 10.8 Å². The zero-order valence-corrected chi connectivity index (χ0v) is 20.7. The van der Waals surface area contributed by atoms with Crippen molar-refractivity contribution in [2.45, 2.75) is 46.0 Å². The maximum Gasteiger partial charge on any atom is 0.309 e. The summed E-state index contributed by atoms with van der Waals surface area (Å²) in [4.78, 5) is 21.4. The van der Waals surface area contributed by atoms with Gasteiger partial charge in [-0.15, -0.1) is 0 Å². The number of anilines is 1. The molecule has 0 amide bonds. The van der Waals surface area contributed by atoms with Crippen LogP contribution in [0.25, 0.3) is 33.6 Å². The van der Waals surface area contributed by atoms with Gasteiger partial charge in [-0.25, -0.2) is 4.98 Å². The summed E-state index contributed by atoms with van der Waals surface area (Å²) < 4.78 is 1.68. The van der Waals surface area contributed by atoms with E-state index in [9.17, 15) is 9.90 Å². The molecule has 0 radical (unpaired) electrons. The Morgan fingerprint density at radius 2 is 1.86 bits per heavy atom. The number of benzene rings is 1. The Bertz CT molecular complexity index is 1430. The normalized spacial score (nSPS) is 19.9. The number of nitrogen functional groups attached to an aromatic ring is 1. The third-order valence-electron chi connectivity index (χ3n) is 7.54. The predicted octanol–water partition coefficient (Wildman–Crippen LogP) is 5.90. The molecule has 0 aliphatic heterocycles. The summed E-state index contributed by atoms with van der Waals surface area (Å²) in [6.07, 6.45) is 7.40. The first-order valence-corrected chi connectivity index (χ1v) is 12.3. The fraction of sp³-hybridized carbons (Fsp3) is 0.310. The number of hydrogen-bond acceptors (Lipinski definition) is 5. The molecule has 1 fully saturated rings. The highest BCUT2D eigenvalue weighted by Crippen LogP contribution is 2.41. The second-order valence-electron chi connectivity index (χ2n) is 10.2. The average Bonchev–Trinajstić information content (AvgIpc) is 3.30. The van der Waals surface area contributed by atoms with Crippen molar-refractivity contribution in [1.82, 2.24) is 19.6 Å². The summed E-state index contributed by atoms with van der Waals surface area (Å²) in [7, 11) is 0. The molecule has 3 N–H and O–H groups in total. The van der Waals surface area contributed by atoms with Gasteiger partial charge in [0.2, 0.25) is 0 Å². The molecule has 4 aromatic rings. The number of fused-ring (bicyclic) bond motifs is 1. The molecule has 0 bridgehead atoms. The van der Waals surface area contributed by atoms with Crippen LogP contribution in [0.2, 0.25) is 0 Å². The van der Waals surface area contributed by atoms with Crippen LogP contribution in [0.5, 0.6) is 0 Å². The second-order valence-corrected chi connectivity index (χ2v) is 10.2. The lowest BCUT2D eigenvalue weighted by molar-refractivity contribution is -0.150. The molecule has 36 heavy (non-hydrogen) atoms. The molecule has 0 spiro atoms. The SMILES string of the molecule is C=C(C)c1c(CC2CCC(C)(C(=O)O)CC2)nc2c(-c3ccc(-c4ccccc4)nc3)cnn2c1N. The lowest BCUT2D eigenvalue weighted by atomic mass is 9.70. The molecule has 184 valence electrons. The maximum absolute atomic E-state index is 11.7. The second kappa shape index (κ2) is 9.22. The zero-order chi connectivity index (χ0) is 25.4. The van der Waals surface area contributed by atoms with E-state index in [-0.39, 0.29) is 0 Å². The Kier molecular flexibility index (Phi) is 6.08. The van der Waals surface area contributed by atoms with Gasteiger partial charge in [-0.05, 0) is 63.5 Å². The van der Waals surface area contributed by atoms with E-state index < -0.39 is 11.4 Å². The number of pyridine rings is 1. The van der Waals surface area contributed by atoms with Crippen molar-refractivity contribution in [2.75, 3.05) is 5.73 Å². The molecule has 1 saturated carbocycles. The number of nitrogens with two attached hydrogens (primary N) is 1. The van der Waals surface area contributed by atoms with Crippen LogP contribution < -0.4 is 5.73 Å². The Morgan fingerprint density at radius 1 is 1.14 bits per heavy atom. The summed E-state index contributed by atoms with van der Waals surface area (Å²) >= 11 is 0. The Morgan fingerprint density at radius 3 is 2.47 bits per heavy atom. The van der Waals surface area contributed by atoms with Crippen LogP contribution in [0, 0.1) is 11.3 Å². The van der Waals surface area contributed by atoms with Gasteiger partial charge in [-0.3, -0.25) is 9.78 Å². The molecule has 3 heterocycles. The molecule has 1 aliphatic carbocycles. The largest absolute Gasteiger partial charge is 0.481 e. The number of nitrogens with zero attached hydrogens (tertiary/aromatic N) is 4. The zero-order valence-electron chi connectivity index (χ0n) is 20.7. The van der Waals surface area contributed by atoms with Crippen LogP contribution in [0.4, 0.5) is 5.82 Å². The summed E-state index contributed by atoms with van der Waals surface area (Å²) in [5, 5.41) is 14.1. The molecule has 0 saturated heterocycles. The topological polar surface area (TPSA) is 106 Å². The van der Waals surface area contributed by atoms with Crippen LogP contribution in [-0.2, 0) is 11.2 Å². The van der Waals surface area contributed by atoms with Gasteiger partial charge in [0.25, 0.3) is 0 Å². The van der Waals surface area contributed by atoms with Gasteiger partial charge in [0, 0.05) is 28.5 Å². The third-order valence-corrected chi connectivity index (χ3v) is 7.54. The summed E-state index contributed by atoms with van der Waals surface area (Å²) in [5.74, 6) is 0.167. The Hall–Kier alpha value is -4.00. The Labute approximate surface area is 210 Å². The summed E-state index contributed by atoms with van der Waals surface area (Å²) in [6.45, 7) is 7.93. The van der Waals surface area contributed by atoms with E-state index in [2.05, 4.69) is 16.7 Å². The van der Waals surface area contributed by atoms with Crippen molar-refractivity contribution < 1.29 is 9.90 Å². The number of carbonyl (C=O) groups is 1. The molecule has 1 aliphatic rings. The van der Waals surface area contributed by atoms with E-state index in [4.69, 9.17) is 10.7 Å². The maximum atomic E-state index is 11.7. The first-order valence-electron chi connectivity index (χ1n) is 12.3. The Balaban J connectivity index is 1.49. The van der Waals surface area contributed by atoms with E-state index in [0.29, 0.717) is 30.2 Å². The molecular formula is C29H31N5O2. The van der Waals surface area contributed by atoms with Gasteiger partial charge in [0.15, 0.2) is 5.65 Å². The van der Waals surface area contributed by atoms with Crippen LogP contribution in [-0.4, -0.2) is 30.7 Å². The van der Waals surface area contributed by atoms with Gasteiger partial charge >= 0.3 is 5.97 Å². The number of carboxylic acid groups (broad SMARTS) is 1. The number of aliphatic carboxylic acids is 1. The van der Waals surface area contributed by atoms with Crippen molar-refractivity contribution in [1.29, 1.82) is 0 Å². The average molecular weight is 482 g/mol. The monoisotopic (exact) mass is 481 g/mol. The quantitative estimate of drug-likeness (QED) is 0.355. The van der Waals surface area contributed by atoms with Crippen molar-refractivity contribution in [3.63, 3.8) is 0 Å². The van der Waals surface area contributed by atoms with Crippen LogP contribution in [0.1, 0.15) is 50.8 Å².